The van der Waals surface area contributed by atoms with Gasteiger partial charge in [-0.2, -0.15) is 13.2 Å². The molecule has 1 heterocycles. The van der Waals surface area contributed by atoms with Crippen molar-refractivity contribution < 1.29 is 18.3 Å². The smallest absolute Gasteiger partial charge is 0.399 e. The number of nitrogens with two attached hydrogens (primary N) is 1. The van der Waals surface area contributed by atoms with E-state index < -0.39 is 17.8 Å². The summed E-state index contributed by atoms with van der Waals surface area (Å²) in [6.45, 7) is 0.747. The molecule has 0 aliphatic carbocycles. The third-order valence-corrected chi connectivity index (χ3v) is 3.06. The van der Waals surface area contributed by atoms with E-state index in [2.05, 4.69) is 0 Å². The Labute approximate surface area is 103 Å². The number of aliphatic hydroxyl groups is 1. The fourth-order valence-electron chi connectivity index (χ4n) is 2.23. The van der Waals surface area contributed by atoms with E-state index in [0.29, 0.717) is 19.4 Å². The lowest BCUT2D eigenvalue weighted by atomic mass is 10.0. The zero-order valence-electron chi connectivity index (χ0n) is 9.74. The number of hydrogen-bond donors (Lipinski definition) is 2. The molecule has 1 aromatic rings. The van der Waals surface area contributed by atoms with Crippen molar-refractivity contribution in [1.29, 1.82) is 0 Å². The maximum absolute atomic E-state index is 12.9. The highest BCUT2D eigenvalue weighted by Crippen LogP contribution is 2.38. The van der Waals surface area contributed by atoms with Gasteiger partial charge in [0, 0.05) is 24.5 Å². The van der Waals surface area contributed by atoms with Crippen LogP contribution in [0, 0.1) is 0 Å². The highest BCUT2D eigenvalue weighted by Gasteiger charge is 2.35. The summed E-state index contributed by atoms with van der Waals surface area (Å²) in [5.74, 6) is 0. The van der Waals surface area contributed by atoms with Gasteiger partial charge >= 0.3 is 6.18 Å². The van der Waals surface area contributed by atoms with E-state index in [-0.39, 0.29) is 17.9 Å². The number of nitrogen functional groups attached to an aromatic ring is 1. The molecule has 1 atom stereocenters. The average Bonchev–Trinajstić information content (AvgIpc) is 2.27. The second-order valence-electron chi connectivity index (χ2n) is 4.52. The first-order valence-corrected chi connectivity index (χ1v) is 5.77. The van der Waals surface area contributed by atoms with Gasteiger partial charge in [-0.1, -0.05) is 0 Å². The van der Waals surface area contributed by atoms with Crippen molar-refractivity contribution >= 4 is 11.4 Å². The summed E-state index contributed by atoms with van der Waals surface area (Å²) < 4.78 is 38.8. The lowest BCUT2D eigenvalue weighted by Gasteiger charge is -2.33. The molecule has 0 bridgehead atoms. The summed E-state index contributed by atoms with van der Waals surface area (Å²) in [5, 5.41) is 9.54. The largest absolute Gasteiger partial charge is 0.418 e. The van der Waals surface area contributed by atoms with Gasteiger partial charge in [0.2, 0.25) is 0 Å². The maximum atomic E-state index is 12.9. The zero-order chi connectivity index (χ0) is 13.3. The zero-order valence-corrected chi connectivity index (χ0v) is 9.74. The van der Waals surface area contributed by atoms with Crippen molar-refractivity contribution in [3.63, 3.8) is 0 Å². The second kappa shape index (κ2) is 4.68. The molecule has 2 rings (SSSR count). The SMILES string of the molecule is Nc1ccc(N2CCCC(O)C2)c(C(F)(F)F)c1. The van der Waals surface area contributed by atoms with Gasteiger partial charge in [0.05, 0.1) is 11.7 Å². The molecule has 1 fully saturated rings. The van der Waals surface area contributed by atoms with Crippen LogP contribution in [0.1, 0.15) is 18.4 Å². The Bertz CT molecular complexity index is 434. The Morgan fingerprint density at radius 3 is 2.67 bits per heavy atom. The van der Waals surface area contributed by atoms with Crippen molar-refractivity contribution in [3.05, 3.63) is 23.8 Å². The third kappa shape index (κ3) is 2.69. The van der Waals surface area contributed by atoms with Crippen molar-refractivity contribution in [2.45, 2.75) is 25.1 Å². The molecular weight excluding hydrogens is 245 g/mol. The Hall–Kier alpha value is -1.43. The van der Waals surface area contributed by atoms with Crippen LogP contribution in [0.5, 0.6) is 0 Å². The fraction of sp³-hybridized carbons (Fsp3) is 0.500. The van der Waals surface area contributed by atoms with Crippen LogP contribution >= 0.6 is 0 Å². The predicted molar refractivity (Wildman–Crippen MR) is 63.3 cm³/mol. The molecule has 6 heteroatoms. The molecule has 1 unspecified atom stereocenters. The summed E-state index contributed by atoms with van der Waals surface area (Å²) in [5.41, 5.74) is 4.85. The number of nitrogens with zero attached hydrogens (tertiary/aromatic N) is 1. The van der Waals surface area contributed by atoms with Crippen molar-refractivity contribution in [2.75, 3.05) is 23.7 Å². The molecule has 100 valence electrons. The number of benzene rings is 1. The van der Waals surface area contributed by atoms with Crippen molar-refractivity contribution in [2.24, 2.45) is 0 Å². The van der Waals surface area contributed by atoms with Crippen LogP contribution in [0.15, 0.2) is 18.2 Å². The van der Waals surface area contributed by atoms with Crippen LogP contribution in [0.25, 0.3) is 0 Å². The summed E-state index contributed by atoms with van der Waals surface area (Å²) in [7, 11) is 0. The lowest BCUT2D eigenvalue weighted by Crippen LogP contribution is -2.39. The molecule has 0 radical (unpaired) electrons. The van der Waals surface area contributed by atoms with Gasteiger partial charge in [-0.25, -0.2) is 0 Å². The van der Waals surface area contributed by atoms with Gasteiger partial charge in [-0.15, -0.1) is 0 Å². The molecule has 0 saturated carbocycles. The summed E-state index contributed by atoms with van der Waals surface area (Å²) >= 11 is 0. The maximum Gasteiger partial charge on any atom is 0.418 e. The van der Waals surface area contributed by atoms with Gasteiger partial charge in [-0.05, 0) is 31.0 Å². The minimum absolute atomic E-state index is 0.0867. The molecular formula is C12H15F3N2O. The molecule has 18 heavy (non-hydrogen) atoms. The number of alkyl halides is 3. The lowest BCUT2D eigenvalue weighted by molar-refractivity contribution is -0.137. The van der Waals surface area contributed by atoms with Crippen LogP contribution in [0.2, 0.25) is 0 Å². The average molecular weight is 260 g/mol. The molecule has 1 aromatic carbocycles. The first-order chi connectivity index (χ1) is 8.38. The van der Waals surface area contributed by atoms with E-state index in [1.165, 1.54) is 12.1 Å². The quantitative estimate of drug-likeness (QED) is 0.761. The predicted octanol–water partition coefficient (Wildman–Crippen LogP) is 2.25. The molecule has 1 saturated heterocycles. The van der Waals surface area contributed by atoms with Crippen molar-refractivity contribution in [1.82, 2.24) is 0 Å². The topological polar surface area (TPSA) is 49.5 Å². The van der Waals surface area contributed by atoms with Gasteiger partial charge < -0.3 is 15.7 Å². The van der Waals surface area contributed by atoms with Gasteiger partial charge in [0.25, 0.3) is 0 Å². The number of aliphatic hydroxyl groups excluding tert-OH is 1. The van der Waals surface area contributed by atoms with Crippen LogP contribution in [0.4, 0.5) is 24.5 Å². The van der Waals surface area contributed by atoms with E-state index in [0.717, 1.165) is 6.07 Å². The Balaban J connectivity index is 2.37. The minimum Gasteiger partial charge on any atom is -0.399 e. The van der Waals surface area contributed by atoms with Crippen LogP contribution in [-0.4, -0.2) is 24.3 Å². The first kappa shape index (κ1) is 13.0. The molecule has 0 aromatic heterocycles. The summed E-state index contributed by atoms with van der Waals surface area (Å²) in [6.07, 6.45) is -3.69. The van der Waals surface area contributed by atoms with E-state index in [1.54, 1.807) is 4.90 Å². The van der Waals surface area contributed by atoms with E-state index in [1.807, 2.05) is 0 Å². The monoisotopic (exact) mass is 260 g/mol. The van der Waals surface area contributed by atoms with Crippen LogP contribution in [0.3, 0.4) is 0 Å². The molecule has 0 amide bonds. The fourth-order valence-corrected chi connectivity index (χ4v) is 2.23. The third-order valence-electron chi connectivity index (χ3n) is 3.06. The van der Waals surface area contributed by atoms with E-state index in [4.69, 9.17) is 5.73 Å². The van der Waals surface area contributed by atoms with Gasteiger partial charge in [-0.3, -0.25) is 0 Å². The summed E-state index contributed by atoms with van der Waals surface area (Å²) in [6, 6.07) is 3.76. The number of β-amino-alcohol motifs (C(OH)–C–C–N with tert-alkyl or cyclic N) is 1. The molecule has 1 aliphatic heterocycles. The summed E-state index contributed by atoms with van der Waals surface area (Å²) in [4.78, 5) is 1.57. The molecule has 1 aliphatic rings. The number of halogens is 3. The number of rotatable bonds is 1. The molecule has 3 nitrogen and oxygen atoms in total. The minimum atomic E-state index is -4.44. The Kier molecular flexibility index (Phi) is 3.38. The molecule has 3 N–H and O–H groups in total. The van der Waals surface area contributed by atoms with Crippen LogP contribution < -0.4 is 10.6 Å². The van der Waals surface area contributed by atoms with E-state index in [9.17, 15) is 18.3 Å². The van der Waals surface area contributed by atoms with Crippen molar-refractivity contribution in [3.8, 4) is 0 Å². The Morgan fingerprint density at radius 1 is 1.33 bits per heavy atom. The number of piperidine rings is 1. The standard InChI is InChI=1S/C12H15F3N2O/c13-12(14,15)10-6-8(16)3-4-11(10)17-5-1-2-9(18)7-17/h3-4,6,9,18H,1-2,5,7,16H2. The van der Waals surface area contributed by atoms with E-state index >= 15 is 0 Å². The highest BCUT2D eigenvalue weighted by atomic mass is 19.4. The molecule has 0 spiro atoms. The van der Waals surface area contributed by atoms with Gasteiger partial charge in [0.1, 0.15) is 0 Å². The second-order valence-corrected chi connectivity index (χ2v) is 4.52. The first-order valence-electron chi connectivity index (χ1n) is 5.77. The number of anilines is 2. The van der Waals surface area contributed by atoms with Gasteiger partial charge in [0.15, 0.2) is 0 Å². The van der Waals surface area contributed by atoms with Crippen LogP contribution in [-0.2, 0) is 6.18 Å². The normalized spacial score (nSPS) is 21.1. The Morgan fingerprint density at radius 2 is 2.06 bits per heavy atom. The number of hydrogen-bond acceptors (Lipinski definition) is 3. The highest BCUT2D eigenvalue weighted by molar-refractivity contribution is 5.61.